The van der Waals surface area contributed by atoms with Crippen molar-refractivity contribution in [1.29, 1.82) is 0 Å². The van der Waals surface area contributed by atoms with E-state index in [1.54, 1.807) is 12.0 Å². The van der Waals surface area contributed by atoms with Gasteiger partial charge in [0.05, 0.1) is 13.2 Å². The summed E-state index contributed by atoms with van der Waals surface area (Å²) in [6.45, 7) is 3.90. The van der Waals surface area contributed by atoms with Crippen LogP contribution in [0.4, 0.5) is 0 Å². The van der Waals surface area contributed by atoms with Gasteiger partial charge in [0.25, 0.3) is 0 Å². The first-order valence-electron chi connectivity index (χ1n) is 4.69. The fourth-order valence-corrected chi connectivity index (χ4v) is 1.11. The summed E-state index contributed by atoms with van der Waals surface area (Å²) in [6, 6.07) is -0.572. The van der Waals surface area contributed by atoms with Gasteiger partial charge < -0.3 is 20.1 Å². The zero-order chi connectivity index (χ0) is 11.0. The standard InChI is InChI=1S/C9H20N2O3/c1-4-11(5-6-13-2)9(12)8(10)7-14-3/h8H,4-7,10H2,1-3H3. The van der Waals surface area contributed by atoms with Crippen molar-refractivity contribution in [2.24, 2.45) is 5.73 Å². The topological polar surface area (TPSA) is 64.8 Å². The molecule has 1 atom stereocenters. The van der Waals surface area contributed by atoms with E-state index in [0.717, 1.165) is 0 Å². The molecule has 0 saturated carbocycles. The van der Waals surface area contributed by atoms with E-state index in [2.05, 4.69) is 0 Å². The molecule has 0 bridgehead atoms. The number of methoxy groups -OCH3 is 2. The highest BCUT2D eigenvalue weighted by Gasteiger charge is 2.18. The van der Waals surface area contributed by atoms with Crippen LogP contribution in [0.25, 0.3) is 0 Å². The molecule has 84 valence electrons. The predicted octanol–water partition coefficient (Wildman–Crippen LogP) is -0.545. The molecule has 0 aliphatic carbocycles. The van der Waals surface area contributed by atoms with Crippen molar-refractivity contribution < 1.29 is 14.3 Å². The molecule has 0 rings (SSSR count). The van der Waals surface area contributed by atoms with Crippen molar-refractivity contribution in [2.75, 3.05) is 40.5 Å². The summed E-state index contributed by atoms with van der Waals surface area (Å²) in [5.41, 5.74) is 5.62. The number of hydrogen-bond acceptors (Lipinski definition) is 4. The molecule has 0 spiro atoms. The van der Waals surface area contributed by atoms with Crippen LogP contribution < -0.4 is 5.73 Å². The zero-order valence-corrected chi connectivity index (χ0v) is 9.16. The minimum atomic E-state index is -0.572. The minimum Gasteiger partial charge on any atom is -0.383 e. The van der Waals surface area contributed by atoms with Crippen LogP contribution in [0.5, 0.6) is 0 Å². The number of amides is 1. The quantitative estimate of drug-likeness (QED) is 0.604. The van der Waals surface area contributed by atoms with Crippen molar-refractivity contribution >= 4 is 5.91 Å². The van der Waals surface area contributed by atoms with E-state index in [1.165, 1.54) is 7.11 Å². The van der Waals surface area contributed by atoms with Crippen molar-refractivity contribution in [3.8, 4) is 0 Å². The van der Waals surface area contributed by atoms with E-state index in [4.69, 9.17) is 15.2 Å². The average Bonchev–Trinajstić information content (AvgIpc) is 2.19. The average molecular weight is 204 g/mol. The molecule has 14 heavy (non-hydrogen) atoms. The number of nitrogens with two attached hydrogens (primary N) is 1. The Morgan fingerprint density at radius 1 is 1.43 bits per heavy atom. The van der Waals surface area contributed by atoms with Crippen LogP contribution in [0.15, 0.2) is 0 Å². The molecule has 1 unspecified atom stereocenters. The Hall–Kier alpha value is -0.650. The Balaban J connectivity index is 4.01. The van der Waals surface area contributed by atoms with Crippen LogP contribution >= 0.6 is 0 Å². The molecule has 5 nitrogen and oxygen atoms in total. The Morgan fingerprint density at radius 2 is 2.07 bits per heavy atom. The Labute approximate surface area is 85.1 Å². The number of hydrogen-bond donors (Lipinski definition) is 1. The fourth-order valence-electron chi connectivity index (χ4n) is 1.11. The summed E-state index contributed by atoms with van der Waals surface area (Å²) in [5.74, 6) is -0.0913. The number of carbonyl (C=O) groups excluding carboxylic acids is 1. The highest BCUT2D eigenvalue weighted by molar-refractivity contribution is 5.81. The molecule has 0 fully saturated rings. The largest absolute Gasteiger partial charge is 0.383 e. The van der Waals surface area contributed by atoms with E-state index in [0.29, 0.717) is 19.7 Å². The number of likely N-dealkylation sites (N-methyl/N-ethyl adjacent to an activating group) is 1. The van der Waals surface area contributed by atoms with Gasteiger partial charge in [0.15, 0.2) is 0 Å². The fraction of sp³-hybridized carbons (Fsp3) is 0.889. The summed E-state index contributed by atoms with van der Waals surface area (Å²) in [6.07, 6.45) is 0. The molecular formula is C9H20N2O3. The van der Waals surface area contributed by atoms with E-state index < -0.39 is 6.04 Å². The van der Waals surface area contributed by atoms with Gasteiger partial charge in [-0.15, -0.1) is 0 Å². The summed E-state index contributed by atoms with van der Waals surface area (Å²) >= 11 is 0. The summed E-state index contributed by atoms with van der Waals surface area (Å²) < 4.78 is 9.72. The number of rotatable bonds is 7. The molecular weight excluding hydrogens is 184 g/mol. The summed E-state index contributed by atoms with van der Waals surface area (Å²) in [4.78, 5) is 13.3. The Kier molecular flexibility index (Phi) is 7.37. The molecule has 5 heteroatoms. The van der Waals surface area contributed by atoms with Gasteiger partial charge in [0.2, 0.25) is 5.91 Å². The third kappa shape index (κ3) is 4.55. The van der Waals surface area contributed by atoms with Gasteiger partial charge in [-0.3, -0.25) is 4.79 Å². The van der Waals surface area contributed by atoms with Crippen molar-refractivity contribution in [3.05, 3.63) is 0 Å². The number of carbonyl (C=O) groups is 1. The van der Waals surface area contributed by atoms with Gasteiger partial charge in [-0.05, 0) is 6.92 Å². The number of ether oxygens (including phenoxy) is 2. The van der Waals surface area contributed by atoms with Gasteiger partial charge in [0, 0.05) is 27.3 Å². The molecule has 0 aliphatic rings. The third-order valence-corrected chi connectivity index (χ3v) is 1.92. The van der Waals surface area contributed by atoms with E-state index in [-0.39, 0.29) is 12.5 Å². The lowest BCUT2D eigenvalue weighted by Crippen LogP contribution is -2.47. The van der Waals surface area contributed by atoms with Gasteiger partial charge in [-0.1, -0.05) is 0 Å². The van der Waals surface area contributed by atoms with E-state index >= 15 is 0 Å². The second-order valence-electron chi connectivity index (χ2n) is 2.97. The maximum Gasteiger partial charge on any atom is 0.241 e. The van der Waals surface area contributed by atoms with Crippen molar-refractivity contribution in [1.82, 2.24) is 4.90 Å². The number of nitrogens with zero attached hydrogens (tertiary/aromatic N) is 1. The second kappa shape index (κ2) is 7.73. The Bertz CT molecular complexity index is 164. The first-order valence-corrected chi connectivity index (χ1v) is 4.69. The molecule has 2 N–H and O–H groups in total. The lowest BCUT2D eigenvalue weighted by Gasteiger charge is -2.23. The van der Waals surface area contributed by atoms with E-state index in [1.807, 2.05) is 6.92 Å². The Morgan fingerprint density at radius 3 is 2.50 bits per heavy atom. The second-order valence-corrected chi connectivity index (χ2v) is 2.97. The maximum atomic E-state index is 11.6. The van der Waals surface area contributed by atoms with Gasteiger partial charge in [-0.25, -0.2) is 0 Å². The normalized spacial score (nSPS) is 12.6. The van der Waals surface area contributed by atoms with Crippen LogP contribution in [0.3, 0.4) is 0 Å². The highest BCUT2D eigenvalue weighted by atomic mass is 16.5. The zero-order valence-electron chi connectivity index (χ0n) is 9.16. The van der Waals surface area contributed by atoms with Crippen LogP contribution in [0.1, 0.15) is 6.92 Å². The van der Waals surface area contributed by atoms with Crippen molar-refractivity contribution in [2.45, 2.75) is 13.0 Å². The van der Waals surface area contributed by atoms with Gasteiger partial charge >= 0.3 is 0 Å². The predicted molar refractivity (Wildman–Crippen MR) is 54.0 cm³/mol. The van der Waals surface area contributed by atoms with Gasteiger partial charge in [0.1, 0.15) is 6.04 Å². The maximum absolute atomic E-state index is 11.6. The van der Waals surface area contributed by atoms with Crippen molar-refractivity contribution in [3.63, 3.8) is 0 Å². The third-order valence-electron chi connectivity index (χ3n) is 1.92. The van der Waals surface area contributed by atoms with Crippen LogP contribution in [0.2, 0.25) is 0 Å². The first-order chi connectivity index (χ1) is 6.67. The highest BCUT2D eigenvalue weighted by Crippen LogP contribution is 1.94. The molecule has 0 aromatic heterocycles. The molecule has 0 saturated heterocycles. The summed E-state index contributed by atoms with van der Waals surface area (Å²) in [7, 11) is 3.13. The molecule has 0 aromatic carbocycles. The smallest absolute Gasteiger partial charge is 0.241 e. The lowest BCUT2D eigenvalue weighted by atomic mass is 10.3. The molecule has 1 amide bonds. The van der Waals surface area contributed by atoms with Crippen LogP contribution in [0, 0.1) is 0 Å². The van der Waals surface area contributed by atoms with Crippen LogP contribution in [-0.4, -0.2) is 57.4 Å². The monoisotopic (exact) mass is 204 g/mol. The SMILES string of the molecule is CCN(CCOC)C(=O)C(N)COC. The molecule has 0 heterocycles. The minimum absolute atomic E-state index is 0.0913. The van der Waals surface area contributed by atoms with E-state index in [9.17, 15) is 4.79 Å². The summed E-state index contributed by atoms with van der Waals surface area (Å²) in [5, 5.41) is 0. The molecule has 0 radical (unpaired) electrons. The van der Waals surface area contributed by atoms with Gasteiger partial charge in [-0.2, -0.15) is 0 Å². The first kappa shape index (κ1) is 13.4. The molecule has 0 aromatic rings. The van der Waals surface area contributed by atoms with Crippen LogP contribution in [-0.2, 0) is 14.3 Å². The lowest BCUT2D eigenvalue weighted by molar-refractivity contribution is -0.134. The molecule has 0 aliphatic heterocycles.